The zero-order valence-electron chi connectivity index (χ0n) is 9.62. The molecule has 0 saturated heterocycles. The average molecular weight is 281 g/mol. The van der Waals surface area contributed by atoms with Gasteiger partial charge in [0, 0.05) is 22.9 Å². The van der Waals surface area contributed by atoms with Gasteiger partial charge < -0.3 is 5.73 Å². The molecule has 0 amide bonds. The zero-order chi connectivity index (χ0) is 13.1. The predicted molar refractivity (Wildman–Crippen MR) is 73.9 cm³/mol. The minimum absolute atomic E-state index is 0.0474. The molecule has 5 nitrogen and oxygen atoms in total. The summed E-state index contributed by atoms with van der Waals surface area (Å²) in [6, 6.07) is 4.81. The molecule has 1 heterocycles. The summed E-state index contributed by atoms with van der Waals surface area (Å²) in [4.78, 5) is 14.5. The normalized spacial score (nSPS) is 10.5. The van der Waals surface area contributed by atoms with Gasteiger partial charge in [-0.1, -0.05) is 17.8 Å². The van der Waals surface area contributed by atoms with E-state index in [-0.39, 0.29) is 11.4 Å². The van der Waals surface area contributed by atoms with Crippen molar-refractivity contribution in [3.8, 4) is 0 Å². The SMILES string of the molecule is Cc1csc(SCc2ccc([N+](=O)[O-])c(N)c2)n1. The van der Waals surface area contributed by atoms with Gasteiger partial charge in [-0.15, -0.1) is 11.3 Å². The van der Waals surface area contributed by atoms with Gasteiger partial charge in [-0.25, -0.2) is 4.98 Å². The van der Waals surface area contributed by atoms with Crippen molar-refractivity contribution >= 4 is 34.5 Å². The lowest BCUT2D eigenvalue weighted by molar-refractivity contribution is -0.383. The number of hydrogen-bond donors (Lipinski definition) is 1. The van der Waals surface area contributed by atoms with Gasteiger partial charge in [0.05, 0.1) is 4.92 Å². The molecule has 0 bridgehead atoms. The number of rotatable bonds is 4. The lowest BCUT2D eigenvalue weighted by Crippen LogP contribution is -1.96. The van der Waals surface area contributed by atoms with E-state index in [2.05, 4.69) is 4.98 Å². The lowest BCUT2D eigenvalue weighted by Gasteiger charge is -2.01. The maximum Gasteiger partial charge on any atom is 0.292 e. The molecular formula is C11H11N3O2S2. The average Bonchev–Trinajstić information content (AvgIpc) is 2.72. The van der Waals surface area contributed by atoms with Crippen LogP contribution in [0.15, 0.2) is 27.9 Å². The molecule has 0 saturated carbocycles. The second-order valence-electron chi connectivity index (χ2n) is 3.69. The van der Waals surface area contributed by atoms with E-state index in [9.17, 15) is 10.1 Å². The summed E-state index contributed by atoms with van der Waals surface area (Å²) in [5.41, 5.74) is 7.75. The van der Waals surface area contributed by atoms with Crippen LogP contribution in [0, 0.1) is 17.0 Å². The van der Waals surface area contributed by atoms with E-state index in [0.717, 1.165) is 15.6 Å². The number of nitrogen functional groups attached to an aromatic ring is 1. The van der Waals surface area contributed by atoms with E-state index in [1.807, 2.05) is 12.3 Å². The summed E-state index contributed by atoms with van der Waals surface area (Å²) >= 11 is 3.19. The van der Waals surface area contributed by atoms with E-state index in [1.54, 1.807) is 35.2 Å². The number of nitrogens with zero attached hydrogens (tertiary/aromatic N) is 2. The molecule has 2 N–H and O–H groups in total. The smallest absolute Gasteiger partial charge is 0.292 e. The quantitative estimate of drug-likeness (QED) is 0.402. The van der Waals surface area contributed by atoms with Crippen molar-refractivity contribution < 1.29 is 4.92 Å². The third kappa shape index (κ3) is 2.99. The largest absolute Gasteiger partial charge is 0.393 e. The van der Waals surface area contributed by atoms with Crippen LogP contribution in [0.3, 0.4) is 0 Å². The van der Waals surface area contributed by atoms with Gasteiger partial charge in [0.2, 0.25) is 0 Å². The van der Waals surface area contributed by atoms with E-state index < -0.39 is 4.92 Å². The fraction of sp³-hybridized carbons (Fsp3) is 0.182. The molecule has 0 spiro atoms. The highest BCUT2D eigenvalue weighted by Crippen LogP contribution is 2.29. The number of hydrogen-bond acceptors (Lipinski definition) is 6. The standard InChI is InChI=1S/C11H11N3O2S2/c1-7-5-17-11(13-7)18-6-8-2-3-10(14(15)16)9(12)4-8/h2-5H,6,12H2,1H3. The fourth-order valence-corrected chi connectivity index (χ4v) is 3.20. The van der Waals surface area contributed by atoms with Crippen molar-refractivity contribution in [2.24, 2.45) is 0 Å². The van der Waals surface area contributed by atoms with Crippen molar-refractivity contribution in [1.82, 2.24) is 4.98 Å². The molecule has 18 heavy (non-hydrogen) atoms. The second-order valence-corrected chi connectivity index (χ2v) is 5.77. The summed E-state index contributed by atoms with van der Waals surface area (Å²) in [7, 11) is 0. The molecule has 0 aliphatic heterocycles. The molecule has 2 rings (SSSR count). The van der Waals surface area contributed by atoms with Gasteiger partial charge in [0.1, 0.15) is 10.0 Å². The van der Waals surface area contributed by atoms with Gasteiger partial charge >= 0.3 is 0 Å². The second kappa shape index (κ2) is 5.36. The van der Waals surface area contributed by atoms with E-state index in [4.69, 9.17) is 5.73 Å². The topological polar surface area (TPSA) is 82.0 Å². The summed E-state index contributed by atoms with van der Waals surface area (Å²) in [5, 5.41) is 12.6. The Kier molecular flexibility index (Phi) is 3.83. The minimum atomic E-state index is -0.476. The first-order valence-electron chi connectivity index (χ1n) is 5.14. The third-order valence-corrected chi connectivity index (χ3v) is 4.46. The van der Waals surface area contributed by atoms with Crippen LogP contribution < -0.4 is 5.73 Å². The Balaban J connectivity index is 2.06. The minimum Gasteiger partial charge on any atom is -0.393 e. The number of nitro benzene ring substituents is 1. The first-order valence-corrected chi connectivity index (χ1v) is 7.00. The Bertz CT molecular complexity index is 583. The molecule has 94 valence electrons. The van der Waals surface area contributed by atoms with Crippen LogP contribution in [0.5, 0.6) is 0 Å². The molecule has 0 fully saturated rings. The zero-order valence-corrected chi connectivity index (χ0v) is 11.3. The number of nitrogens with two attached hydrogens (primary N) is 1. The van der Waals surface area contributed by atoms with Gasteiger partial charge in [-0.05, 0) is 18.6 Å². The van der Waals surface area contributed by atoms with Crippen LogP contribution in [-0.4, -0.2) is 9.91 Å². The van der Waals surface area contributed by atoms with Crippen LogP contribution in [0.4, 0.5) is 11.4 Å². The number of benzene rings is 1. The number of nitro groups is 1. The molecule has 7 heteroatoms. The Morgan fingerprint density at radius 1 is 1.56 bits per heavy atom. The summed E-state index contributed by atoms with van der Waals surface area (Å²) in [6.45, 7) is 1.95. The number of aryl methyl sites for hydroxylation is 1. The van der Waals surface area contributed by atoms with Crippen LogP contribution in [0.25, 0.3) is 0 Å². The molecule has 0 aliphatic carbocycles. The highest BCUT2D eigenvalue weighted by molar-refractivity contribution is 8.00. The molecule has 1 aromatic heterocycles. The highest BCUT2D eigenvalue weighted by atomic mass is 32.2. The first-order chi connectivity index (χ1) is 8.56. The van der Waals surface area contributed by atoms with Crippen LogP contribution >= 0.6 is 23.1 Å². The molecule has 0 unspecified atom stereocenters. The molecule has 0 aliphatic rings. The predicted octanol–water partition coefficient (Wildman–Crippen LogP) is 3.23. The van der Waals surface area contributed by atoms with Gasteiger partial charge in [0.15, 0.2) is 0 Å². The number of aromatic nitrogens is 1. The Morgan fingerprint density at radius 3 is 2.89 bits per heavy atom. The maximum atomic E-state index is 10.6. The van der Waals surface area contributed by atoms with E-state index >= 15 is 0 Å². The van der Waals surface area contributed by atoms with Crippen molar-refractivity contribution in [3.05, 3.63) is 45.0 Å². The van der Waals surface area contributed by atoms with Gasteiger partial charge in [-0.2, -0.15) is 0 Å². The fourth-order valence-electron chi connectivity index (χ4n) is 1.40. The first kappa shape index (κ1) is 12.8. The Labute approximate surface area is 112 Å². The van der Waals surface area contributed by atoms with E-state index in [0.29, 0.717) is 5.75 Å². The maximum absolute atomic E-state index is 10.6. The van der Waals surface area contributed by atoms with Crippen LogP contribution in [-0.2, 0) is 5.75 Å². The summed E-state index contributed by atoms with van der Waals surface area (Å²) in [5.74, 6) is 0.704. The Morgan fingerprint density at radius 2 is 2.33 bits per heavy atom. The molecule has 2 aromatic rings. The van der Waals surface area contributed by atoms with Crippen molar-refractivity contribution in [1.29, 1.82) is 0 Å². The van der Waals surface area contributed by atoms with Crippen LogP contribution in [0.2, 0.25) is 0 Å². The van der Waals surface area contributed by atoms with Gasteiger partial charge in [-0.3, -0.25) is 10.1 Å². The number of thiazole rings is 1. The number of anilines is 1. The monoisotopic (exact) mass is 281 g/mol. The third-order valence-electron chi connectivity index (χ3n) is 2.25. The van der Waals surface area contributed by atoms with Crippen molar-refractivity contribution in [3.63, 3.8) is 0 Å². The van der Waals surface area contributed by atoms with Gasteiger partial charge in [0.25, 0.3) is 5.69 Å². The molecule has 0 radical (unpaired) electrons. The van der Waals surface area contributed by atoms with Crippen LogP contribution in [0.1, 0.15) is 11.3 Å². The summed E-state index contributed by atoms with van der Waals surface area (Å²) in [6.07, 6.45) is 0. The van der Waals surface area contributed by atoms with Crippen molar-refractivity contribution in [2.45, 2.75) is 17.0 Å². The lowest BCUT2D eigenvalue weighted by atomic mass is 10.2. The molecule has 0 atom stereocenters. The van der Waals surface area contributed by atoms with Crippen molar-refractivity contribution in [2.75, 3.05) is 5.73 Å². The highest BCUT2D eigenvalue weighted by Gasteiger charge is 2.11. The van der Waals surface area contributed by atoms with E-state index in [1.165, 1.54) is 6.07 Å². The summed E-state index contributed by atoms with van der Waals surface area (Å²) < 4.78 is 0.990. The Hall–Kier alpha value is -1.60. The molecule has 1 aromatic carbocycles. The molecular weight excluding hydrogens is 270 g/mol. The number of thioether (sulfide) groups is 1.